The number of benzene rings is 2. The lowest BCUT2D eigenvalue weighted by molar-refractivity contribution is 0.306. The molecule has 0 N–H and O–H groups in total. The maximum Gasteiger partial charge on any atom is 0.243 e. The summed E-state index contributed by atoms with van der Waals surface area (Å²) in [4.78, 5) is 4.36. The topological polar surface area (TPSA) is 59.5 Å². The lowest BCUT2D eigenvalue weighted by atomic mass is 9.90. The minimum Gasteiger partial charge on any atom is -0.497 e. The Balaban J connectivity index is 1.75. The molecule has 0 amide bonds. The van der Waals surface area contributed by atoms with Crippen LogP contribution in [-0.4, -0.2) is 31.4 Å². The van der Waals surface area contributed by atoms with Gasteiger partial charge in [-0.25, -0.2) is 8.42 Å². The lowest BCUT2D eigenvalue weighted by Gasteiger charge is -2.36. The summed E-state index contributed by atoms with van der Waals surface area (Å²) >= 11 is 0. The predicted octanol–water partition coefficient (Wildman–Crippen LogP) is 3.62. The Labute approximate surface area is 165 Å². The molecule has 2 aromatic carbocycles. The number of aromatic nitrogens is 1. The molecule has 4 rings (SSSR count). The minimum atomic E-state index is -3.64. The number of fused-ring (bicyclic) bond motifs is 1. The molecule has 1 unspecified atom stereocenters. The summed E-state index contributed by atoms with van der Waals surface area (Å²) in [7, 11) is -2.07. The first-order valence-electron chi connectivity index (χ1n) is 9.22. The zero-order valence-electron chi connectivity index (χ0n) is 15.7. The van der Waals surface area contributed by atoms with Gasteiger partial charge < -0.3 is 4.74 Å². The quantitative estimate of drug-likeness (QED) is 0.663. The highest BCUT2D eigenvalue weighted by molar-refractivity contribution is 7.89. The molecule has 5 nitrogen and oxygen atoms in total. The van der Waals surface area contributed by atoms with E-state index in [0.717, 1.165) is 11.1 Å². The Kier molecular flexibility index (Phi) is 5.15. The largest absolute Gasteiger partial charge is 0.497 e. The average Bonchev–Trinajstić information content (AvgIpc) is 2.74. The van der Waals surface area contributed by atoms with Crippen molar-refractivity contribution >= 4 is 10.0 Å². The zero-order valence-corrected chi connectivity index (χ0v) is 16.5. The molecule has 3 aromatic rings. The monoisotopic (exact) mass is 394 g/mol. The van der Waals surface area contributed by atoms with Crippen LogP contribution in [0.15, 0.2) is 78.0 Å². The molecule has 0 spiro atoms. The Morgan fingerprint density at radius 1 is 1.04 bits per heavy atom. The van der Waals surface area contributed by atoms with Crippen LogP contribution in [0, 0.1) is 0 Å². The van der Waals surface area contributed by atoms with E-state index in [1.807, 2.05) is 30.3 Å². The molecule has 0 saturated heterocycles. The van der Waals surface area contributed by atoms with Crippen LogP contribution in [-0.2, 0) is 22.9 Å². The van der Waals surface area contributed by atoms with Gasteiger partial charge in [-0.05, 0) is 65.9 Å². The van der Waals surface area contributed by atoms with Gasteiger partial charge in [-0.3, -0.25) is 4.98 Å². The normalized spacial score (nSPS) is 17.1. The second-order valence-corrected chi connectivity index (χ2v) is 8.71. The van der Waals surface area contributed by atoms with Crippen molar-refractivity contribution in [3.63, 3.8) is 0 Å². The van der Waals surface area contributed by atoms with Gasteiger partial charge in [0.25, 0.3) is 0 Å². The summed E-state index contributed by atoms with van der Waals surface area (Å²) in [6.45, 7) is 0.459. The number of sulfonamides is 1. The van der Waals surface area contributed by atoms with Gasteiger partial charge in [-0.1, -0.05) is 24.3 Å². The molecule has 0 fully saturated rings. The van der Waals surface area contributed by atoms with Crippen LogP contribution in [0.4, 0.5) is 0 Å². The van der Waals surface area contributed by atoms with E-state index in [0.29, 0.717) is 25.1 Å². The molecule has 0 radical (unpaired) electrons. The van der Waals surface area contributed by atoms with Crippen LogP contribution in [0.1, 0.15) is 22.7 Å². The highest BCUT2D eigenvalue weighted by Crippen LogP contribution is 2.36. The van der Waals surface area contributed by atoms with E-state index < -0.39 is 10.0 Å². The second kappa shape index (κ2) is 7.73. The molecule has 0 saturated carbocycles. The number of pyridine rings is 1. The molecule has 6 heteroatoms. The van der Waals surface area contributed by atoms with Gasteiger partial charge >= 0.3 is 0 Å². The molecule has 0 aliphatic carbocycles. The smallest absolute Gasteiger partial charge is 0.243 e. The summed E-state index contributed by atoms with van der Waals surface area (Å²) in [5, 5.41) is 0. The highest BCUT2D eigenvalue weighted by atomic mass is 32.2. The molecule has 2 heterocycles. The molecule has 1 atom stereocenters. The molecule has 28 heavy (non-hydrogen) atoms. The standard InChI is InChI=1S/C22H22N2O3S/c1-27-19-6-8-20(9-7-19)28(25,26)24-15-12-18-4-2-3-5-21(18)22(24)16-17-10-13-23-14-11-17/h2-11,13-14,22H,12,15-16H2,1H3. The highest BCUT2D eigenvalue weighted by Gasteiger charge is 2.36. The fourth-order valence-electron chi connectivity index (χ4n) is 3.75. The van der Waals surface area contributed by atoms with Gasteiger partial charge in [-0.2, -0.15) is 4.31 Å². The van der Waals surface area contributed by atoms with Crippen molar-refractivity contribution in [3.05, 3.63) is 89.7 Å². The molecule has 1 aliphatic rings. The summed E-state index contributed by atoms with van der Waals surface area (Å²) in [6, 6.07) is 18.3. The van der Waals surface area contributed by atoms with Crippen molar-refractivity contribution in [2.24, 2.45) is 0 Å². The van der Waals surface area contributed by atoms with E-state index in [1.165, 1.54) is 5.56 Å². The van der Waals surface area contributed by atoms with Gasteiger partial charge in [0.05, 0.1) is 18.0 Å². The van der Waals surface area contributed by atoms with Gasteiger partial charge in [0.15, 0.2) is 0 Å². The third-order valence-corrected chi connectivity index (χ3v) is 7.13. The first-order chi connectivity index (χ1) is 13.6. The summed E-state index contributed by atoms with van der Waals surface area (Å²) < 4.78 is 33.7. The van der Waals surface area contributed by atoms with Crippen LogP contribution in [0.3, 0.4) is 0 Å². The summed E-state index contributed by atoms with van der Waals surface area (Å²) in [5.74, 6) is 0.635. The fourth-order valence-corrected chi connectivity index (χ4v) is 5.36. The van der Waals surface area contributed by atoms with Crippen molar-refractivity contribution in [2.75, 3.05) is 13.7 Å². The van der Waals surface area contributed by atoms with Gasteiger partial charge in [-0.15, -0.1) is 0 Å². The van der Waals surface area contributed by atoms with Crippen molar-refractivity contribution < 1.29 is 13.2 Å². The molecule has 0 bridgehead atoms. The van der Waals surface area contributed by atoms with E-state index in [1.54, 1.807) is 48.1 Å². The maximum absolute atomic E-state index is 13.5. The van der Waals surface area contributed by atoms with Crippen molar-refractivity contribution in [1.82, 2.24) is 9.29 Å². The van der Waals surface area contributed by atoms with Crippen molar-refractivity contribution in [2.45, 2.75) is 23.8 Å². The van der Waals surface area contributed by atoms with Crippen LogP contribution >= 0.6 is 0 Å². The molecular formula is C22H22N2O3S. The van der Waals surface area contributed by atoms with Crippen molar-refractivity contribution in [3.8, 4) is 5.75 Å². The predicted molar refractivity (Wildman–Crippen MR) is 108 cm³/mol. The lowest BCUT2D eigenvalue weighted by Crippen LogP contribution is -2.41. The zero-order chi connectivity index (χ0) is 19.6. The molecule has 1 aromatic heterocycles. The number of methoxy groups -OCH3 is 1. The van der Waals surface area contributed by atoms with Gasteiger partial charge in [0.1, 0.15) is 5.75 Å². The van der Waals surface area contributed by atoms with E-state index in [4.69, 9.17) is 4.74 Å². The van der Waals surface area contributed by atoms with Crippen molar-refractivity contribution in [1.29, 1.82) is 0 Å². The number of hydrogen-bond acceptors (Lipinski definition) is 4. The number of hydrogen-bond donors (Lipinski definition) is 0. The first-order valence-corrected chi connectivity index (χ1v) is 10.7. The Morgan fingerprint density at radius 3 is 2.46 bits per heavy atom. The molecule has 144 valence electrons. The van der Waals surface area contributed by atoms with E-state index in [2.05, 4.69) is 11.1 Å². The SMILES string of the molecule is COc1ccc(S(=O)(=O)N2CCc3ccccc3C2Cc2ccncc2)cc1. The summed E-state index contributed by atoms with van der Waals surface area (Å²) in [5.41, 5.74) is 3.34. The Hall–Kier alpha value is -2.70. The second-order valence-electron chi connectivity index (χ2n) is 6.82. The fraction of sp³-hybridized carbons (Fsp3) is 0.227. The van der Waals surface area contributed by atoms with Crippen LogP contribution in [0.25, 0.3) is 0 Å². The number of ether oxygens (including phenoxy) is 1. The van der Waals surface area contributed by atoms with Crippen LogP contribution in [0.5, 0.6) is 5.75 Å². The van der Waals surface area contributed by atoms with Gasteiger partial charge in [0.2, 0.25) is 10.0 Å². The van der Waals surface area contributed by atoms with E-state index in [-0.39, 0.29) is 10.9 Å². The number of rotatable bonds is 5. The van der Waals surface area contributed by atoms with Crippen LogP contribution < -0.4 is 4.74 Å². The van der Waals surface area contributed by atoms with Crippen LogP contribution in [0.2, 0.25) is 0 Å². The molecular weight excluding hydrogens is 372 g/mol. The third kappa shape index (κ3) is 3.53. The minimum absolute atomic E-state index is 0.251. The average molecular weight is 394 g/mol. The third-order valence-electron chi connectivity index (χ3n) is 5.21. The van der Waals surface area contributed by atoms with E-state index >= 15 is 0 Å². The molecule has 1 aliphatic heterocycles. The summed E-state index contributed by atoms with van der Waals surface area (Å²) in [6.07, 6.45) is 4.80. The van der Waals surface area contributed by atoms with Gasteiger partial charge in [0, 0.05) is 18.9 Å². The Morgan fingerprint density at radius 2 is 1.75 bits per heavy atom. The first kappa shape index (κ1) is 18.7. The Bertz CT molecular complexity index is 1050. The maximum atomic E-state index is 13.5. The van der Waals surface area contributed by atoms with E-state index in [9.17, 15) is 8.42 Å². The number of nitrogens with zero attached hydrogens (tertiary/aromatic N) is 2.